The molecule has 0 spiro atoms. The number of amides is 1. The third-order valence-electron chi connectivity index (χ3n) is 3.93. The second-order valence-electron chi connectivity index (χ2n) is 5.66. The number of esters is 1. The fourth-order valence-electron chi connectivity index (χ4n) is 2.42. The summed E-state index contributed by atoms with van der Waals surface area (Å²) in [6.07, 6.45) is 1.14. The molecule has 1 fully saturated rings. The van der Waals surface area contributed by atoms with Crippen LogP contribution in [0.4, 0.5) is 5.69 Å². The van der Waals surface area contributed by atoms with Crippen molar-refractivity contribution in [2.75, 3.05) is 44.8 Å². The Labute approximate surface area is 141 Å². The molecule has 1 aliphatic rings. The van der Waals surface area contributed by atoms with E-state index in [0.29, 0.717) is 5.69 Å². The first kappa shape index (κ1) is 18.2. The van der Waals surface area contributed by atoms with Gasteiger partial charge in [-0.3, -0.25) is 4.79 Å². The summed E-state index contributed by atoms with van der Waals surface area (Å²) in [6, 6.07) is 5.01. The smallest absolute Gasteiger partial charge is 0.340 e. The number of carbonyl (C=O) groups is 2. The average Bonchev–Trinajstić information content (AvgIpc) is 2.54. The molecule has 1 aromatic carbocycles. The Bertz CT molecular complexity index is 739. The Morgan fingerprint density at radius 2 is 1.83 bits per heavy atom. The summed E-state index contributed by atoms with van der Waals surface area (Å²) < 4.78 is 29.2. The van der Waals surface area contributed by atoms with Gasteiger partial charge in [-0.2, -0.15) is 4.31 Å². The predicted molar refractivity (Wildman–Crippen MR) is 88.9 cm³/mol. The van der Waals surface area contributed by atoms with Crippen molar-refractivity contribution in [1.82, 2.24) is 9.21 Å². The molecule has 0 saturated carbocycles. The Morgan fingerprint density at radius 1 is 1.21 bits per heavy atom. The molecule has 0 aliphatic carbocycles. The lowest BCUT2D eigenvalue weighted by Gasteiger charge is -2.33. The largest absolute Gasteiger partial charge is 0.452 e. The predicted octanol–water partition coefficient (Wildman–Crippen LogP) is -0.162. The van der Waals surface area contributed by atoms with Crippen molar-refractivity contribution in [3.8, 4) is 0 Å². The molecule has 0 atom stereocenters. The van der Waals surface area contributed by atoms with Gasteiger partial charge in [-0.1, -0.05) is 12.1 Å². The van der Waals surface area contributed by atoms with E-state index < -0.39 is 22.6 Å². The van der Waals surface area contributed by atoms with Gasteiger partial charge < -0.3 is 15.4 Å². The first-order chi connectivity index (χ1) is 11.2. The summed E-state index contributed by atoms with van der Waals surface area (Å²) in [5.74, 6) is -1.01. The van der Waals surface area contributed by atoms with Crippen molar-refractivity contribution < 1.29 is 22.7 Å². The van der Waals surface area contributed by atoms with E-state index in [0.717, 1.165) is 11.8 Å². The Kier molecular flexibility index (Phi) is 5.45. The number of ether oxygens (including phenoxy) is 1. The van der Waals surface area contributed by atoms with Crippen LogP contribution < -0.4 is 5.73 Å². The topological polar surface area (TPSA) is 110 Å². The minimum absolute atomic E-state index is 0.227. The van der Waals surface area contributed by atoms with Crippen molar-refractivity contribution in [3.63, 3.8) is 0 Å². The number of aryl methyl sites for hydroxylation is 1. The Hall–Kier alpha value is -2.13. The van der Waals surface area contributed by atoms with Crippen LogP contribution in [0.5, 0.6) is 0 Å². The number of nitrogens with zero attached hydrogens (tertiary/aromatic N) is 2. The molecular weight excluding hydrogens is 334 g/mol. The highest BCUT2D eigenvalue weighted by Gasteiger charge is 2.26. The fraction of sp³-hybridized carbons (Fsp3) is 0.467. The molecule has 0 aromatic heterocycles. The number of carbonyl (C=O) groups excluding carboxylic acids is 2. The highest BCUT2D eigenvalue weighted by atomic mass is 32.2. The maximum absolute atomic E-state index is 12.1. The van der Waals surface area contributed by atoms with Crippen LogP contribution in [0.25, 0.3) is 0 Å². The third kappa shape index (κ3) is 4.24. The molecule has 2 rings (SSSR count). The number of sulfonamides is 1. The number of para-hydroxylation sites is 1. The molecular formula is C15H21N3O5S. The molecule has 1 aromatic rings. The average molecular weight is 355 g/mol. The van der Waals surface area contributed by atoms with Crippen LogP contribution in [0.2, 0.25) is 0 Å². The Balaban J connectivity index is 1.88. The van der Waals surface area contributed by atoms with Crippen molar-refractivity contribution in [2.24, 2.45) is 0 Å². The van der Waals surface area contributed by atoms with Crippen molar-refractivity contribution in [1.29, 1.82) is 0 Å². The second kappa shape index (κ2) is 7.18. The minimum atomic E-state index is -3.25. The van der Waals surface area contributed by atoms with Gasteiger partial charge in [0.1, 0.15) is 0 Å². The van der Waals surface area contributed by atoms with Crippen molar-refractivity contribution in [3.05, 3.63) is 29.3 Å². The second-order valence-corrected chi connectivity index (χ2v) is 7.64. The standard InChI is InChI=1S/C15H21N3O5S/c1-11-4-3-5-12(14(11)16)15(20)23-10-13(19)17-6-8-18(9-7-17)24(2,21)22/h3-5H,6-10,16H2,1-2H3. The highest BCUT2D eigenvalue weighted by Crippen LogP contribution is 2.17. The van der Waals surface area contributed by atoms with Gasteiger partial charge in [-0.05, 0) is 18.6 Å². The van der Waals surface area contributed by atoms with Crippen LogP contribution in [0.15, 0.2) is 18.2 Å². The summed E-state index contributed by atoms with van der Waals surface area (Å²) in [5, 5.41) is 0. The number of hydrogen-bond donors (Lipinski definition) is 1. The molecule has 0 radical (unpaired) electrons. The summed E-state index contributed by atoms with van der Waals surface area (Å²) in [4.78, 5) is 25.6. The van der Waals surface area contributed by atoms with E-state index >= 15 is 0 Å². The molecule has 2 N–H and O–H groups in total. The van der Waals surface area contributed by atoms with Gasteiger partial charge >= 0.3 is 5.97 Å². The number of nitrogen functional groups attached to an aromatic ring is 1. The molecule has 0 bridgehead atoms. The van der Waals surface area contributed by atoms with Gasteiger partial charge in [0.25, 0.3) is 5.91 Å². The van der Waals surface area contributed by atoms with Crippen molar-refractivity contribution in [2.45, 2.75) is 6.92 Å². The molecule has 1 aliphatic heterocycles. The maximum atomic E-state index is 12.1. The van der Waals surface area contributed by atoms with Gasteiger partial charge in [-0.25, -0.2) is 13.2 Å². The van der Waals surface area contributed by atoms with Crippen LogP contribution in [0.1, 0.15) is 15.9 Å². The van der Waals surface area contributed by atoms with E-state index in [4.69, 9.17) is 10.5 Å². The maximum Gasteiger partial charge on any atom is 0.340 e. The first-order valence-corrected chi connectivity index (χ1v) is 9.30. The first-order valence-electron chi connectivity index (χ1n) is 7.45. The molecule has 24 heavy (non-hydrogen) atoms. The van der Waals surface area contributed by atoms with Gasteiger partial charge in [0.05, 0.1) is 11.8 Å². The van der Waals surface area contributed by atoms with Crippen LogP contribution in [0.3, 0.4) is 0 Å². The van der Waals surface area contributed by atoms with Crippen LogP contribution in [0, 0.1) is 6.92 Å². The number of anilines is 1. The van der Waals surface area contributed by atoms with E-state index in [9.17, 15) is 18.0 Å². The molecule has 0 unspecified atom stereocenters. The lowest BCUT2D eigenvalue weighted by molar-refractivity contribution is -0.135. The molecule has 9 heteroatoms. The summed E-state index contributed by atoms with van der Waals surface area (Å²) >= 11 is 0. The van der Waals surface area contributed by atoms with E-state index in [2.05, 4.69) is 0 Å². The van der Waals surface area contributed by atoms with Gasteiger partial charge in [0, 0.05) is 31.9 Å². The quantitative estimate of drug-likeness (QED) is 0.593. The lowest BCUT2D eigenvalue weighted by atomic mass is 10.1. The van der Waals surface area contributed by atoms with E-state index in [1.54, 1.807) is 25.1 Å². The lowest BCUT2D eigenvalue weighted by Crippen LogP contribution is -2.51. The van der Waals surface area contributed by atoms with Crippen LogP contribution in [-0.4, -0.2) is 68.5 Å². The highest BCUT2D eigenvalue weighted by molar-refractivity contribution is 7.88. The molecule has 132 valence electrons. The fourth-order valence-corrected chi connectivity index (χ4v) is 3.25. The number of benzene rings is 1. The van der Waals surface area contributed by atoms with E-state index in [-0.39, 0.29) is 37.6 Å². The molecule has 8 nitrogen and oxygen atoms in total. The number of hydrogen-bond acceptors (Lipinski definition) is 6. The zero-order valence-corrected chi connectivity index (χ0v) is 14.5. The van der Waals surface area contributed by atoms with Gasteiger partial charge in [0.2, 0.25) is 10.0 Å². The minimum Gasteiger partial charge on any atom is -0.452 e. The van der Waals surface area contributed by atoms with Gasteiger partial charge in [0.15, 0.2) is 6.61 Å². The molecule has 1 saturated heterocycles. The van der Waals surface area contributed by atoms with Crippen molar-refractivity contribution >= 4 is 27.6 Å². The monoisotopic (exact) mass is 355 g/mol. The van der Waals surface area contributed by atoms with Crippen LogP contribution in [-0.2, 0) is 19.6 Å². The number of piperazine rings is 1. The third-order valence-corrected chi connectivity index (χ3v) is 5.23. The summed E-state index contributed by atoms with van der Waals surface area (Å²) in [7, 11) is -3.25. The summed E-state index contributed by atoms with van der Waals surface area (Å²) in [5.41, 5.74) is 7.14. The van der Waals surface area contributed by atoms with Gasteiger partial charge in [-0.15, -0.1) is 0 Å². The number of nitrogens with two attached hydrogens (primary N) is 1. The Morgan fingerprint density at radius 3 is 2.42 bits per heavy atom. The summed E-state index contributed by atoms with van der Waals surface area (Å²) in [6.45, 7) is 2.41. The van der Waals surface area contributed by atoms with E-state index in [1.165, 1.54) is 9.21 Å². The van der Waals surface area contributed by atoms with E-state index in [1.807, 2.05) is 0 Å². The zero-order chi connectivity index (χ0) is 17.9. The molecule has 1 amide bonds. The van der Waals surface area contributed by atoms with Crippen LogP contribution >= 0.6 is 0 Å². The SMILES string of the molecule is Cc1cccc(C(=O)OCC(=O)N2CCN(S(C)(=O)=O)CC2)c1N. The zero-order valence-electron chi connectivity index (χ0n) is 13.7. The number of rotatable bonds is 4. The normalized spacial score (nSPS) is 16.0. The molecule has 1 heterocycles.